The minimum atomic E-state index is 0.373. The topological polar surface area (TPSA) is 23.6 Å². The molecule has 0 unspecified atom stereocenters. The number of thioether (sulfide) groups is 1. The van der Waals surface area contributed by atoms with Gasteiger partial charge in [0, 0.05) is 37.5 Å². The van der Waals surface area contributed by atoms with E-state index in [1.165, 1.54) is 42.7 Å². The summed E-state index contributed by atoms with van der Waals surface area (Å²) in [5, 5.41) is 0. The second kappa shape index (κ2) is 8.80. The fraction of sp³-hybridized carbons (Fsp3) is 0.650. The zero-order valence-corrected chi connectivity index (χ0v) is 15.7. The Bertz CT molecular complexity index is 534. The summed E-state index contributed by atoms with van der Waals surface area (Å²) in [6.07, 6.45) is 10.8. The highest BCUT2D eigenvalue weighted by atomic mass is 32.2. The van der Waals surface area contributed by atoms with E-state index in [-0.39, 0.29) is 0 Å². The Balaban J connectivity index is 1.46. The van der Waals surface area contributed by atoms with Crippen molar-refractivity contribution in [1.29, 1.82) is 0 Å². The predicted octanol–water partition coefficient (Wildman–Crippen LogP) is 4.42. The maximum atomic E-state index is 12.5. The largest absolute Gasteiger partial charge is 0.367 e. The number of nitrogens with zero attached hydrogens (tertiary/aromatic N) is 2. The van der Waals surface area contributed by atoms with Crippen LogP contribution in [0.1, 0.15) is 44.9 Å². The molecule has 0 aromatic heterocycles. The van der Waals surface area contributed by atoms with Gasteiger partial charge in [0.05, 0.1) is 5.69 Å². The normalized spacial score (nSPS) is 19.5. The van der Waals surface area contributed by atoms with Crippen molar-refractivity contribution in [3.8, 4) is 0 Å². The highest BCUT2D eigenvalue weighted by molar-refractivity contribution is 7.98. The monoisotopic (exact) mass is 346 g/mol. The maximum Gasteiger partial charge on any atom is 0.222 e. The molecular formula is C20H30N2OS. The van der Waals surface area contributed by atoms with Gasteiger partial charge in [-0.15, -0.1) is 11.8 Å². The van der Waals surface area contributed by atoms with Crippen LogP contribution in [0.2, 0.25) is 0 Å². The summed E-state index contributed by atoms with van der Waals surface area (Å²) < 4.78 is 0. The molecule has 0 radical (unpaired) electrons. The number of benzene rings is 1. The summed E-state index contributed by atoms with van der Waals surface area (Å²) in [6, 6.07) is 8.59. The van der Waals surface area contributed by atoms with Gasteiger partial charge in [-0.05, 0) is 30.7 Å². The van der Waals surface area contributed by atoms with Crippen molar-refractivity contribution in [1.82, 2.24) is 4.90 Å². The fourth-order valence-corrected chi connectivity index (χ4v) is 4.67. The number of rotatable bonds is 5. The van der Waals surface area contributed by atoms with Crippen LogP contribution in [0.4, 0.5) is 5.69 Å². The Hall–Kier alpha value is -1.16. The Morgan fingerprint density at radius 3 is 2.50 bits per heavy atom. The number of piperazine rings is 1. The Morgan fingerprint density at radius 1 is 1.08 bits per heavy atom. The maximum absolute atomic E-state index is 12.5. The van der Waals surface area contributed by atoms with Crippen molar-refractivity contribution in [3.63, 3.8) is 0 Å². The molecule has 24 heavy (non-hydrogen) atoms. The molecule has 1 aromatic rings. The molecule has 132 valence electrons. The van der Waals surface area contributed by atoms with Crippen molar-refractivity contribution >= 4 is 23.4 Å². The minimum absolute atomic E-state index is 0.373. The van der Waals surface area contributed by atoms with Gasteiger partial charge in [-0.2, -0.15) is 0 Å². The lowest BCUT2D eigenvalue weighted by Gasteiger charge is -2.37. The molecule has 1 aliphatic heterocycles. The molecule has 2 aliphatic rings. The molecule has 1 saturated heterocycles. The van der Waals surface area contributed by atoms with Gasteiger partial charge in [-0.25, -0.2) is 0 Å². The third-order valence-corrected chi connectivity index (χ3v) is 6.33. The third kappa shape index (κ3) is 4.47. The van der Waals surface area contributed by atoms with Crippen molar-refractivity contribution in [2.45, 2.75) is 49.8 Å². The molecule has 0 N–H and O–H groups in total. The standard InChI is InChI=1S/C20H30N2OS/c1-24-19-10-6-5-9-18(19)21-13-15-22(16-14-21)20(23)12-11-17-7-3-2-4-8-17/h5-6,9-10,17H,2-4,7-8,11-16H2,1H3. The van der Waals surface area contributed by atoms with Crippen molar-refractivity contribution in [2.24, 2.45) is 5.92 Å². The fourth-order valence-electron chi connectivity index (χ4n) is 4.05. The molecule has 0 atom stereocenters. The molecule has 0 spiro atoms. The van der Waals surface area contributed by atoms with E-state index in [1.54, 1.807) is 11.8 Å². The van der Waals surface area contributed by atoms with Gasteiger partial charge < -0.3 is 9.80 Å². The number of hydrogen-bond donors (Lipinski definition) is 0. The van der Waals surface area contributed by atoms with Gasteiger partial charge in [0.25, 0.3) is 0 Å². The lowest BCUT2D eigenvalue weighted by atomic mass is 9.86. The molecule has 1 heterocycles. The van der Waals surface area contributed by atoms with Crippen LogP contribution in [-0.4, -0.2) is 43.2 Å². The molecule has 3 rings (SSSR count). The second-order valence-electron chi connectivity index (χ2n) is 7.08. The molecule has 3 nitrogen and oxygen atoms in total. The van der Waals surface area contributed by atoms with E-state index in [9.17, 15) is 4.79 Å². The van der Waals surface area contributed by atoms with E-state index >= 15 is 0 Å². The van der Waals surface area contributed by atoms with Gasteiger partial charge in [0.1, 0.15) is 0 Å². The number of hydrogen-bond acceptors (Lipinski definition) is 3. The van der Waals surface area contributed by atoms with E-state index in [0.29, 0.717) is 5.91 Å². The third-order valence-electron chi connectivity index (χ3n) is 5.55. The van der Waals surface area contributed by atoms with E-state index in [4.69, 9.17) is 0 Å². The number of carbonyl (C=O) groups is 1. The van der Waals surface area contributed by atoms with E-state index in [2.05, 4.69) is 40.3 Å². The van der Waals surface area contributed by atoms with Gasteiger partial charge in [0.2, 0.25) is 5.91 Å². The zero-order chi connectivity index (χ0) is 16.8. The van der Waals surface area contributed by atoms with Crippen LogP contribution in [0.3, 0.4) is 0 Å². The average Bonchev–Trinajstić information content (AvgIpc) is 2.67. The zero-order valence-electron chi connectivity index (χ0n) is 14.9. The molecule has 1 aromatic carbocycles. The van der Waals surface area contributed by atoms with Crippen molar-refractivity contribution < 1.29 is 4.79 Å². The summed E-state index contributed by atoms with van der Waals surface area (Å²) in [6.45, 7) is 3.64. The molecule has 0 bridgehead atoms. The van der Waals surface area contributed by atoms with Crippen LogP contribution in [0.15, 0.2) is 29.2 Å². The van der Waals surface area contributed by atoms with Crippen LogP contribution in [0.25, 0.3) is 0 Å². The number of anilines is 1. The summed E-state index contributed by atoms with van der Waals surface area (Å²) in [4.78, 5) is 18.4. The summed E-state index contributed by atoms with van der Waals surface area (Å²) in [5.41, 5.74) is 1.32. The minimum Gasteiger partial charge on any atom is -0.367 e. The van der Waals surface area contributed by atoms with Gasteiger partial charge >= 0.3 is 0 Å². The first-order chi connectivity index (χ1) is 11.8. The highest BCUT2D eigenvalue weighted by Crippen LogP contribution is 2.30. The average molecular weight is 347 g/mol. The van der Waals surface area contributed by atoms with E-state index in [0.717, 1.165) is 44.9 Å². The quantitative estimate of drug-likeness (QED) is 0.738. The smallest absolute Gasteiger partial charge is 0.222 e. The predicted molar refractivity (Wildman–Crippen MR) is 103 cm³/mol. The van der Waals surface area contributed by atoms with Gasteiger partial charge in [-0.3, -0.25) is 4.79 Å². The molecule has 1 saturated carbocycles. The van der Waals surface area contributed by atoms with Crippen LogP contribution in [0, 0.1) is 5.92 Å². The second-order valence-corrected chi connectivity index (χ2v) is 7.93. The highest BCUT2D eigenvalue weighted by Gasteiger charge is 2.23. The lowest BCUT2D eigenvalue weighted by Crippen LogP contribution is -2.49. The van der Waals surface area contributed by atoms with Gasteiger partial charge in [0.15, 0.2) is 0 Å². The number of carbonyl (C=O) groups excluding carboxylic acids is 1. The number of para-hydroxylation sites is 1. The van der Waals surface area contributed by atoms with Gasteiger partial charge in [-0.1, -0.05) is 44.2 Å². The van der Waals surface area contributed by atoms with E-state index < -0.39 is 0 Å². The molecule has 4 heteroatoms. The molecule has 1 amide bonds. The Kier molecular flexibility index (Phi) is 6.47. The van der Waals surface area contributed by atoms with Crippen LogP contribution in [0.5, 0.6) is 0 Å². The van der Waals surface area contributed by atoms with Crippen LogP contribution in [-0.2, 0) is 4.79 Å². The number of amides is 1. The van der Waals surface area contributed by atoms with Crippen molar-refractivity contribution in [2.75, 3.05) is 37.3 Å². The molecular weight excluding hydrogens is 316 g/mol. The van der Waals surface area contributed by atoms with Crippen LogP contribution >= 0.6 is 11.8 Å². The Labute approximate surface area is 150 Å². The first-order valence-electron chi connectivity index (χ1n) is 9.43. The summed E-state index contributed by atoms with van der Waals surface area (Å²) >= 11 is 1.80. The Morgan fingerprint density at radius 2 is 1.79 bits per heavy atom. The first-order valence-corrected chi connectivity index (χ1v) is 10.7. The van der Waals surface area contributed by atoms with Crippen molar-refractivity contribution in [3.05, 3.63) is 24.3 Å². The van der Waals surface area contributed by atoms with Crippen LogP contribution < -0.4 is 4.90 Å². The summed E-state index contributed by atoms with van der Waals surface area (Å²) in [7, 11) is 0. The molecule has 1 aliphatic carbocycles. The first kappa shape index (κ1) is 17.7. The molecule has 2 fully saturated rings. The summed E-state index contributed by atoms with van der Waals surface area (Å²) in [5.74, 6) is 1.18. The SMILES string of the molecule is CSc1ccccc1N1CCN(C(=O)CCC2CCCCC2)CC1. The lowest BCUT2D eigenvalue weighted by molar-refractivity contribution is -0.131. The van der Waals surface area contributed by atoms with E-state index in [1.807, 2.05) is 0 Å².